The summed E-state index contributed by atoms with van der Waals surface area (Å²) >= 11 is 0. The lowest BCUT2D eigenvalue weighted by atomic mass is 9.99. The molecule has 2 N–H and O–H groups in total. The van der Waals surface area contributed by atoms with Gasteiger partial charge in [-0.25, -0.2) is 14.4 Å². The summed E-state index contributed by atoms with van der Waals surface area (Å²) in [6, 6.07) is 0.0724. The van der Waals surface area contributed by atoms with Gasteiger partial charge in [-0.05, 0) is 51.2 Å². The van der Waals surface area contributed by atoms with Crippen LogP contribution in [0.4, 0.5) is 4.39 Å². The molecule has 1 aromatic heterocycles. The van der Waals surface area contributed by atoms with Crippen LogP contribution in [0.25, 0.3) is 6.08 Å². The van der Waals surface area contributed by atoms with Gasteiger partial charge in [-0.15, -0.1) is 0 Å². The number of allylic oxidation sites excluding steroid dienone is 2. The van der Waals surface area contributed by atoms with E-state index < -0.39 is 0 Å². The highest BCUT2D eigenvalue weighted by molar-refractivity contribution is 6.12. The van der Waals surface area contributed by atoms with Crippen LogP contribution < -0.4 is 5.32 Å². The van der Waals surface area contributed by atoms with Crippen molar-refractivity contribution >= 4 is 30.3 Å². The number of nitrogens with zero attached hydrogens (tertiary/aromatic N) is 5. The Labute approximate surface area is 188 Å². The molecule has 0 saturated heterocycles. The molecule has 8 heteroatoms. The van der Waals surface area contributed by atoms with Crippen molar-refractivity contribution in [2.75, 3.05) is 6.54 Å². The number of rotatable bonds is 6. The SMILES string of the molecule is Cc1[nH]c2c(c1CCNC1N=C(C3C=NC=C(F)C3)N=C3C1N=CN3C(C)C)C=CCC2. The van der Waals surface area contributed by atoms with E-state index in [1.54, 1.807) is 6.21 Å². The number of halogens is 1. The summed E-state index contributed by atoms with van der Waals surface area (Å²) in [5, 5.41) is 3.61. The Morgan fingerprint density at radius 1 is 1.34 bits per heavy atom. The van der Waals surface area contributed by atoms with Crippen LogP contribution in [0.3, 0.4) is 0 Å². The summed E-state index contributed by atoms with van der Waals surface area (Å²) < 4.78 is 13.9. The minimum atomic E-state index is -0.253. The van der Waals surface area contributed by atoms with Crippen molar-refractivity contribution in [3.8, 4) is 0 Å². The molecule has 0 saturated carbocycles. The number of hydrogen-bond donors (Lipinski definition) is 2. The highest BCUT2D eigenvalue weighted by atomic mass is 19.1. The summed E-state index contributed by atoms with van der Waals surface area (Å²) in [6.45, 7) is 7.14. The van der Waals surface area contributed by atoms with Crippen LogP contribution in [0.2, 0.25) is 0 Å². The maximum atomic E-state index is 13.9. The Bertz CT molecular complexity index is 1070. The molecular weight excluding hydrogens is 405 g/mol. The lowest BCUT2D eigenvalue weighted by Gasteiger charge is -2.30. The van der Waals surface area contributed by atoms with Crippen LogP contribution in [-0.4, -0.2) is 58.9 Å². The predicted octanol–water partition coefficient (Wildman–Crippen LogP) is 3.57. The average Bonchev–Trinajstić information content (AvgIpc) is 3.35. The molecule has 5 rings (SSSR count). The molecule has 0 amide bonds. The maximum Gasteiger partial charge on any atom is 0.145 e. The standard InChI is InChI=1S/C24H30FN7/c1-14(2)32-13-28-21-23(30-22(31-24(21)32)16-10-17(25)12-26-11-16)27-9-8-18-15(3)29-20-7-5-4-6-19(18)20/h4,6,11-14,16,21,23,27,29H,5,7-10H2,1-3H3. The summed E-state index contributed by atoms with van der Waals surface area (Å²) in [5.74, 6) is 1.01. The minimum absolute atomic E-state index is 0.164. The Morgan fingerprint density at radius 2 is 2.22 bits per heavy atom. The average molecular weight is 436 g/mol. The fraction of sp³-hybridized carbons (Fsp3) is 0.500. The van der Waals surface area contributed by atoms with Crippen molar-refractivity contribution in [3.05, 3.63) is 40.6 Å². The predicted molar refractivity (Wildman–Crippen MR) is 128 cm³/mol. The third-order valence-corrected chi connectivity index (χ3v) is 6.48. The highest BCUT2D eigenvalue weighted by Crippen LogP contribution is 2.27. The third kappa shape index (κ3) is 3.88. The van der Waals surface area contributed by atoms with Crippen LogP contribution in [0.1, 0.15) is 49.2 Å². The molecule has 0 bridgehead atoms. The lowest BCUT2D eigenvalue weighted by Crippen LogP contribution is -2.49. The fourth-order valence-electron chi connectivity index (χ4n) is 4.81. The van der Waals surface area contributed by atoms with Gasteiger partial charge in [-0.3, -0.25) is 15.3 Å². The van der Waals surface area contributed by atoms with Crippen molar-refractivity contribution < 1.29 is 4.39 Å². The molecule has 3 aliphatic heterocycles. The van der Waals surface area contributed by atoms with E-state index >= 15 is 0 Å². The van der Waals surface area contributed by atoms with E-state index in [0.717, 1.165) is 31.6 Å². The van der Waals surface area contributed by atoms with Crippen LogP contribution in [-0.2, 0) is 12.8 Å². The number of fused-ring (bicyclic) bond motifs is 2. The normalized spacial score (nSPS) is 26.2. The molecule has 7 nitrogen and oxygen atoms in total. The van der Waals surface area contributed by atoms with E-state index in [0.29, 0.717) is 5.84 Å². The monoisotopic (exact) mass is 435 g/mol. The molecule has 3 atom stereocenters. The zero-order valence-corrected chi connectivity index (χ0v) is 18.8. The number of aromatic nitrogens is 1. The van der Waals surface area contributed by atoms with Gasteiger partial charge in [-0.1, -0.05) is 12.2 Å². The highest BCUT2D eigenvalue weighted by Gasteiger charge is 2.38. The molecule has 0 fully saturated rings. The third-order valence-electron chi connectivity index (χ3n) is 6.48. The van der Waals surface area contributed by atoms with Gasteiger partial charge in [0.25, 0.3) is 0 Å². The summed E-state index contributed by atoms with van der Waals surface area (Å²) in [5.41, 5.74) is 5.29. The second-order valence-electron chi connectivity index (χ2n) is 9.06. The molecule has 1 aromatic rings. The smallest absolute Gasteiger partial charge is 0.145 e. The number of amidine groups is 2. The van der Waals surface area contributed by atoms with Gasteiger partial charge < -0.3 is 9.88 Å². The quantitative estimate of drug-likeness (QED) is 0.716. The second-order valence-corrected chi connectivity index (χ2v) is 9.06. The van der Waals surface area contributed by atoms with Crippen molar-refractivity contribution in [2.45, 2.75) is 64.7 Å². The number of aryl methyl sites for hydroxylation is 2. The maximum absolute atomic E-state index is 13.9. The lowest BCUT2D eigenvalue weighted by molar-refractivity contribution is 0.467. The first-order valence-electron chi connectivity index (χ1n) is 11.5. The molecule has 32 heavy (non-hydrogen) atoms. The van der Waals surface area contributed by atoms with E-state index in [9.17, 15) is 4.39 Å². The van der Waals surface area contributed by atoms with Crippen LogP contribution in [0.15, 0.2) is 38.1 Å². The summed E-state index contributed by atoms with van der Waals surface area (Å²) in [6.07, 6.45) is 12.4. The summed E-state index contributed by atoms with van der Waals surface area (Å²) in [7, 11) is 0. The minimum Gasteiger partial charge on any atom is -0.362 e. The van der Waals surface area contributed by atoms with Crippen LogP contribution >= 0.6 is 0 Å². The first kappa shape index (κ1) is 21.0. The van der Waals surface area contributed by atoms with Crippen LogP contribution in [0, 0.1) is 12.8 Å². The van der Waals surface area contributed by atoms with E-state index in [2.05, 4.69) is 53.1 Å². The second kappa shape index (κ2) is 8.58. The van der Waals surface area contributed by atoms with Gasteiger partial charge in [-0.2, -0.15) is 0 Å². The molecule has 168 valence electrons. The van der Waals surface area contributed by atoms with Gasteiger partial charge in [0.2, 0.25) is 0 Å². The molecule has 4 aliphatic rings. The Kier molecular flexibility index (Phi) is 5.63. The van der Waals surface area contributed by atoms with Gasteiger partial charge >= 0.3 is 0 Å². The number of aliphatic imine (C=N–C) groups is 4. The van der Waals surface area contributed by atoms with Gasteiger partial charge in [0.15, 0.2) is 0 Å². The molecular formula is C24H30FN7. The van der Waals surface area contributed by atoms with Crippen molar-refractivity contribution in [1.29, 1.82) is 0 Å². The van der Waals surface area contributed by atoms with Crippen molar-refractivity contribution in [3.63, 3.8) is 0 Å². The number of aromatic amines is 1. The Hall–Kier alpha value is -2.87. The molecule has 4 heterocycles. The first-order chi connectivity index (χ1) is 15.5. The topological polar surface area (TPSA) is 80.5 Å². The van der Waals surface area contributed by atoms with Gasteiger partial charge in [0.1, 0.15) is 29.7 Å². The molecule has 1 aliphatic carbocycles. The number of nitrogens with one attached hydrogen (secondary N) is 2. The Morgan fingerprint density at radius 3 is 3.03 bits per heavy atom. The van der Waals surface area contributed by atoms with Crippen molar-refractivity contribution in [2.24, 2.45) is 25.9 Å². The van der Waals surface area contributed by atoms with Crippen molar-refractivity contribution in [1.82, 2.24) is 15.2 Å². The molecule has 0 radical (unpaired) electrons. The molecule has 0 spiro atoms. The largest absolute Gasteiger partial charge is 0.362 e. The van der Waals surface area contributed by atoms with Crippen LogP contribution in [0.5, 0.6) is 0 Å². The fourth-order valence-corrected chi connectivity index (χ4v) is 4.81. The van der Waals surface area contributed by atoms with E-state index in [4.69, 9.17) is 15.0 Å². The van der Waals surface area contributed by atoms with E-state index in [1.807, 2.05) is 6.34 Å². The van der Waals surface area contributed by atoms with Gasteiger partial charge in [0, 0.05) is 36.6 Å². The number of hydrogen-bond acceptors (Lipinski definition) is 6. The number of H-pyrrole nitrogens is 1. The first-order valence-corrected chi connectivity index (χ1v) is 11.5. The Balaban J connectivity index is 1.35. The zero-order valence-electron chi connectivity index (χ0n) is 18.8. The molecule has 3 unspecified atom stereocenters. The summed E-state index contributed by atoms with van der Waals surface area (Å²) in [4.78, 5) is 24.1. The van der Waals surface area contributed by atoms with E-state index in [1.165, 1.54) is 28.7 Å². The molecule has 0 aromatic carbocycles. The zero-order chi connectivity index (χ0) is 22.2. The van der Waals surface area contributed by atoms with E-state index in [-0.39, 0.29) is 36.4 Å². The van der Waals surface area contributed by atoms with Gasteiger partial charge in [0.05, 0.1) is 18.5 Å².